The highest BCUT2D eigenvalue weighted by atomic mass is 16.5. The zero-order valence-corrected chi connectivity index (χ0v) is 8.20. The van der Waals surface area contributed by atoms with Crippen LogP contribution < -0.4 is 0 Å². The molecule has 4 fully saturated rings. The number of aliphatic hydroxyl groups is 1. The summed E-state index contributed by atoms with van der Waals surface area (Å²) in [5, 5.41) is 10.2. The van der Waals surface area contributed by atoms with Gasteiger partial charge in [-0.15, -0.1) is 0 Å². The van der Waals surface area contributed by atoms with Crippen LogP contribution in [0.2, 0.25) is 0 Å². The zero-order chi connectivity index (χ0) is 9.05. The van der Waals surface area contributed by atoms with Crippen LogP contribution in [-0.4, -0.2) is 23.4 Å². The molecule has 4 bridgehead atoms. The minimum absolute atomic E-state index is 0.286. The van der Waals surface area contributed by atoms with Gasteiger partial charge in [0.1, 0.15) is 0 Å². The highest BCUT2D eigenvalue weighted by molar-refractivity contribution is 5.11. The van der Waals surface area contributed by atoms with Gasteiger partial charge in [0.05, 0.1) is 11.7 Å². The molecule has 0 radical (unpaired) electrons. The van der Waals surface area contributed by atoms with Crippen molar-refractivity contribution < 1.29 is 9.84 Å². The lowest BCUT2D eigenvalue weighted by Gasteiger charge is -2.37. The largest absolute Gasteiger partial charge is 0.390 e. The van der Waals surface area contributed by atoms with E-state index < -0.39 is 0 Å². The van der Waals surface area contributed by atoms with E-state index in [1.807, 2.05) is 0 Å². The van der Waals surface area contributed by atoms with Crippen LogP contribution in [0.5, 0.6) is 0 Å². The molecule has 13 heavy (non-hydrogen) atoms. The third kappa shape index (κ3) is 1.02. The van der Waals surface area contributed by atoms with Crippen molar-refractivity contribution in [1.82, 2.24) is 0 Å². The molecule has 0 spiro atoms. The molecule has 0 aromatic heterocycles. The summed E-state index contributed by atoms with van der Waals surface area (Å²) >= 11 is 0. The van der Waals surface area contributed by atoms with Crippen LogP contribution >= 0.6 is 0 Å². The molecule has 0 aliphatic heterocycles. The Balaban J connectivity index is 1.84. The Hall–Kier alpha value is -0.0800. The lowest BCUT2D eigenvalue weighted by atomic mass is 9.77. The Morgan fingerprint density at radius 3 is 2.77 bits per heavy atom. The van der Waals surface area contributed by atoms with E-state index in [4.69, 9.17) is 4.74 Å². The second-order valence-corrected chi connectivity index (χ2v) is 5.18. The SMILES string of the molecule is CCOC1C2CC3CC(O)(C2)CC31. The lowest BCUT2D eigenvalue weighted by Crippen LogP contribution is -2.40. The van der Waals surface area contributed by atoms with Crippen molar-refractivity contribution in [2.45, 2.75) is 44.3 Å². The van der Waals surface area contributed by atoms with Gasteiger partial charge in [-0.3, -0.25) is 0 Å². The van der Waals surface area contributed by atoms with E-state index >= 15 is 0 Å². The van der Waals surface area contributed by atoms with E-state index in [1.54, 1.807) is 0 Å². The van der Waals surface area contributed by atoms with Crippen LogP contribution in [0.4, 0.5) is 0 Å². The Morgan fingerprint density at radius 2 is 2.08 bits per heavy atom. The summed E-state index contributed by atoms with van der Waals surface area (Å²) in [5.74, 6) is 2.13. The van der Waals surface area contributed by atoms with Crippen molar-refractivity contribution in [3.63, 3.8) is 0 Å². The fourth-order valence-corrected chi connectivity index (χ4v) is 4.15. The van der Waals surface area contributed by atoms with E-state index in [1.165, 1.54) is 6.42 Å². The van der Waals surface area contributed by atoms with Crippen molar-refractivity contribution in [3.8, 4) is 0 Å². The molecule has 0 aromatic rings. The van der Waals surface area contributed by atoms with Gasteiger partial charge in [-0.25, -0.2) is 0 Å². The Bertz CT molecular complexity index is 224. The summed E-state index contributed by atoms with van der Waals surface area (Å²) in [5.41, 5.74) is -0.286. The minimum atomic E-state index is -0.286. The molecular weight excluding hydrogens is 164 g/mol. The second kappa shape index (κ2) is 2.48. The average molecular weight is 182 g/mol. The summed E-state index contributed by atoms with van der Waals surface area (Å²) in [6.45, 7) is 2.91. The minimum Gasteiger partial charge on any atom is -0.390 e. The molecular formula is C11H18O2. The molecule has 0 saturated heterocycles. The van der Waals surface area contributed by atoms with Gasteiger partial charge in [0.25, 0.3) is 0 Å². The van der Waals surface area contributed by atoms with Crippen molar-refractivity contribution >= 4 is 0 Å². The first kappa shape index (κ1) is 8.25. The molecule has 5 unspecified atom stereocenters. The molecule has 0 heterocycles. The predicted octanol–water partition coefficient (Wildman–Crippen LogP) is 1.57. The van der Waals surface area contributed by atoms with Crippen LogP contribution in [0.1, 0.15) is 32.6 Å². The number of hydrogen-bond acceptors (Lipinski definition) is 2. The van der Waals surface area contributed by atoms with Gasteiger partial charge in [0.15, 0.2) is 0 Å². The van der Waals surface area contributed by atoms with Crippen molar-refractivity contribution in [1.29, 1.82) is 0 Å². The first-order valence-electron chi connectivity index (χ1n) is 5.56. The maximum Gasteiger partial charge on any atom is 0.0657 e. The molecule has 4 aliphatic rings. The predicted molar refractivity (Wildman–Crippen MR) is 49.3 cm³/mol. The van der Waals surface area contributed by atoms with Crippen LogP contribution in [0.25, 0.3) is 0 Å². The van der Waals surface area contributed by atoms with Crippen molar-refractivity contribution in [2.24, 2.45) is 17.8 Å². The second-order valence-electron chi connectivity index (χ2n) is 5.18. The summed E-state index contributed by atoms with van der Waals surface area (Å²) < 4.78 is 5.80. The van der Waals surface area contributed by atoms with Gasteiger partial charge in [0, 0.05) is 6.61 Å². The number of rotatable bonds is 2. The number of hydrogen-bond donors (Lipinski definition) is 1. The highest BCUT2D eigenvalue weighted by Crippen LogP contribution is 2.60. The summed E-state index contributed by atoms with van der Waals surface area (Å²) in [7, 11) is 0. The van der Waals surface area contributed by atoms with Crippen LogP contribution in [-0.2, 0) is 4.74 Å². The Morgan fingerprint density at radius 1 is 1.31 bits per heavy atom. The van der Waals surface area contributed by atoms with E-state index in [0.717, 1.165) is 31.8 Å². The van der Waals surface area contributed by atoms with Gasteiger partial charge in [0.2, 0.25) is 0 Å². The van der Waals surface area contributed by atoms with Crippen LogP contribution in [0, 0.1) is 17.8 Å². The summed E-state index contributed by atoms with van der Waals surface area (Å²) in [6, 6.07) is 0. The molecule has 2 nitrogen and oxygen atoms in total. The molecule has 0 aromatic carbocycles. The molecule has 5 atom stereocenters. The van der Waals surface area contributed by atoms with Crippen molar-refractivity contribution in [2.75, 3.05) is 6.61 Å². The molecule has 4 aliphatic carbocycles. The number of ether oxygens (including phenoxy) is 1. The smallest absolute Gasteiger partial charge is 0.0657 e. The van der Waals surface area contributed by atoms with Crippen molar-refractivity contribution in [3.05, 3.63) is 0 Å². The summed E-state index contributed by atoms with van der Waals surface area (Å²) in [4.78, 5) is 0. The Kier molecular flexibility index (Phi) is 1.58. The van der Waals surface area contributed by atoms with E-state index in [2.05, 4.69) is 6.92 Å². The Labute approximate surface area is 79.3 Å². The van der Waals surface area contributed by atoms with Gasteiger partial charge in [-0.05, 0) is 50.4 Å². The molecule has 74 valence electrons. The fourth-order valence-electron chi connectivity index (χ4n) is 4.15. The van der Waals surface area contributed by atoms with Gasteiger partial charge in [-0.1, -0.05) is 0 Å². The van der Waals surface area contributed by atoms with Crippen LogP contribution in [0.15, 0.2) is 0 Å². The van der Waals surface area contributed by atoms with Gasteiger partial charge >= 0.3 is 0 Å². The quantitative estimate of drug-likeness (QED) is 0.702. The average Bonchev–Trinajstić information content (AvgIpc) is 2.42. The summed E-state index contributed by atoms with van der Waals surface area (Å²) in [6.07, 6.45) is 4.87. The van der Waals surface area contributed by atoms with E-state index in [0.29, 0.717) is 17.9 Å². The fraction of sp³-hybridized carbons (Fsp3) is 1.00. The monoisotopic (exact) mass is 182 g/mol. The maximum atomic E-state index is 10.2. The molecule has 4 saturated carbocycles. The lowest BCUT2D eigenvalue weighted by molar-refractivity contribution is -0.0770. The third-order valence-electron chi connectivity index (χ3n) is 4.36. The normalized spacial score (nSPS) is 57.7. The first-order valence-corrected chi connectivity index (χ1v) is 5.56. The molecule has 4 rings (SSSR count). The zero-order valence-electron chi connectivity index (χ0n) is 8.20. The van der Waals surface area contributed by atoms with Gasteiger partial charge < -0.3 is 9.84 Å². The maximum absolute atomic E-state index is 10.2. The topological polar surface area (TPSA) is 29.5 Å². The molecule has 1 N–H and O–H groups in total. The van der Waals surface area contributed by atoms with Crippen LogP contribution in [0.3, 0.4) is 0 Å². The highest BCUT2D eigenvalue weighted by Gasteiger charge is 2.60. The third-order valence-corrected chi connectivity index (χ3v) is 4.36. The standard InChI is InChI=1S/C11H18O2/c1-2-13-10-8-3-7-4-11(12,5-8)6-9(7)10/h7-10,12H,2-6H2,1H3. The molecule has 0 amide bonds. The van der Waals surface area contributed by atoms with E-state index in [9.17, 15) is 5.11 Å². The molecule has 2 heteroatoms. The van der Waals surface area contributed by atoms with Gasteiger partial charge in [-0.2, -0.15) is 0 Å². The first-order chi connectivity index (χ1) is 6.22. The van der Waals surface area contributed by atoms with E-state index in [-0.39, 0.29) is 5.60 Å².